The summed E-state index contributed by atoms with van der Waals surface area (Å²) in [6.45, 7) is 5.49. The minimum atomic E-state index is -0.511. The Morgan fingerprint density at radius 1 is 1.08 bits per heavy atom. The predicted molar refractivity (Wildman–Crippen MR) is 98.1 cm³/mol. The van der Waals surface area contributed by atoms with E-state index in [1.165, 1.54) is 0 Å². The first-order valence-corrected chi connectivity index (χ1v) is 8.72. The van der Waals surface area contributed by atoms with Gasteiger partial charge in [0.25, 0.3) is 5.91 Å². The molecule has 8 heteroatoms. The van der Waals surface area contributed by atoms with Crippen molar-refractivity contribution in [2.45, 2.75) is 64.1 Å². The Kier molecular flexibility index (Phi) is 6.46. The predicted octanol–water partition coefficient (Wildman–Crippen LogP) is 4.19. The first kappa shape index (κ1) is 19.6. The fourth-order valence-electron chi connectivity index (χ4n) is 2.86. The summed E-state index contributed by atoms with van der Waals surface area (Å²) in [4.78, 5) is 26.8. The van der Waals surface area contributed by atoms with Crippen LogP contribution in [0.1, 0.15) is 56.8 Å². The molecule has 1 fully saturated rings. The molecule has 1 aromatic carbocycles. The Balaban J connectivity index is 1.78. The van der Waals surface area contributed by atoms with Gasteiger partial charge in [-0.1, -0.05) is 17.2 Å². The van der Waals surface area contributed by atoms with Gasteiger partial charge in [0.2, 0.25) is 0 Å². The van der Waals surface area contributed by atoms with Gasteiger partial charge < -0.3 is 15.4 Å². The summed E-state index contributed by atoms with van der Waals surface area (Å²) < 4.78 is 5.27. The van der Waals surface area contributed by atoms with E-state index in [1.54, 1.807) is 24.3 Å². The van der Waals surface area contributed by atoms with Crippen LogP contribution in [0.15, 0.2) is 29.4 Å². The molecule has 0 spiro atoms. The molecule has 26 heavy (non-hydrogen) atoms. The minimum Gasteiger partial charge on any atom is -0.444 e. The van der Waals surface area contributed by atoms with E-state index in [4.69, 9.17) is 10.3 Å². The number of carbonyl (C=O) groups is 2. The fourth-order valence-corrected chi connectivity index (χ4v) is 2.86. The van der Waals surface area contributed by atoms with Gasteiger partial charge >= 0.3 is 6.09 Å². The van der Waals surface area contributed by atoms with Crippen molar-refractivity contribution in [1.29, 1.82) is 0 Å². The largest absolute Gasteiger partial charge is 0.444 e. The molecule has 0 aliphatic heterocycles. The number of benzene rings is 1. The van der Waals surface area contributed by atoms with Crippen molar-refractivity contribution in [1.82, 2.24) is 10.6 Å². The summed E-state index contributed by atoms with van der Waals surface area (Å²) in [5.41, 5.74) is 8.87. The molecule has 1 saturated carbocycles. The van der Waals surface area contributed by atoms with E-state index in [0.29, 0.717) is 11.3 Å². The highest BCUT2D eigenvalue weighted by molar-refractivity contribution is 5.94. The number of carbonyl (C=O) groups excluding carboxylic acids is 2. The van der Waals surface area contributed by atoms with E-state index in [1.807, 2.05) is 20.8 Å². The second kappa shape index (κ2) is 8.58. The molecule has 0 radical (unpaired) electrons. The molecule has 0 heterocycles. The van der Waals surface area contributed by atoms with Crippen molar-refractivity contribution in [2.24, 2.45) is 5.11 Å². The van der Waals surface area contributed by atoms with Gasteiger partial charge in [-0.3, -0.25) is 4.79 Å². The van der Waals surface area contributed by atoms with Gasteiger partial charge in [-0.05, 0) is 64.1 Å². The molecule has 1 aromatic rings. The lowest BCUT2D eigenvalue weighted by Gasteiger charge is -2.30. The summed E-state index contributed by atoms with van der Waals surface area (Å²) in [6, 6.07) is 6.63. The molecule has 2 amide bonds. The van der Waals surface area contributed by atoms with Crippen LogP contribution < -0.4 is 10.6 Å². The van der Waals surface area contributed by atoms with Crippen molar-refractivity contribution >= 4 is 17.7 Å². The summed E-state index contributed by atoms with van der Waals surface area (Å²) in [5, 5.41) is 9.38. The number of nitrogens with zero attached hydrogens (tertiary/aromatic N) is 3. The van der Waals surface area contributed by atoms with Gasteiger partial charge in [-0.15, -0.1) is 0 Å². The maximum Gasteiger partial charge on any atom is 0.407 e. The zero-order valence-corrected chi connectivity index (χ0v) is 15.4. The number of alkyl carbamates (subject to hydrolysis) is 1. The molecule has 0 bridgehead atoms. The lowest BCUT2D eigenvalue weighted by molar-refractivity contribution is 0.0488. The number of rotatable bonds is 4. The van der Waals surface area contributed by atoms with Crippen molar-refractivity contribution in [2.75, 3.05) is 0 Å². The summed E-state index contributed by atoms with van der Waals surface area (Å²) >= 11 is 0. The number of azide groups is 1. The van der Waals surface area contributed by atoms with Gasteiger partial charge in [0.15, 0.2) is 0 Å². The summed E-state index contributed by atoms with van der Waals surface area (Å²) in [7, 11) is 0. The van der Waals surface area contributed by atoms with E-state index in [-0.39, 0.29) is 18.0 Å². The third-order valence-corrected chi connectivity index (χ3v) is 4.07. The second-order valence-electron chi connectivity index (χ2n) is 7.40. The summed E-state index contributed by atoms with van der Waals surface area (Å²) in [5.74, 6) is -0.152. The second-order valence-corrected chi connectivity index (χ2v) is 7.40. The van der Waals surface area contributed by atoms with Crippen molar-refractivity contribution in [3.63, 3.8) is 0 Å². The van der Waals surface area contributed by atoms with Gasteiger partial charge in [0.1, 0.15) is 5.60 Å². The van der Waals surface area contributed by atoms with Crippen molar-refractivity contribution < 1.29 is 14.3 Å². The lowest BCUT2D eigenvalue weighted by Crippen LogP contribution is -2.45. The van der Waals surface area contributed by atoms with Crippen LogP contribution in [0.5, 0.6) is 0 Å². The van der Waals surface area contributed by atoms with Crippen LogP contribution in [-0.4, -0.2) is 29.7 Å². The van der Waals surface area contributed by atoms with Crippen LogP contribution in [0.2, 0.25) is 0 Å². The van der Waals surface area contributed by atoms with E-state index in [2.05, 4.69) is 20.7 Å². The topological polar surface area (TPSA) is 116 Å². The van der Waals surface area contributed by atoms with E-state index < -0.39 is 11.7 Å². The van der Waals surface area contributed by atoms with E-state index in [9.17, 15) is 9.59 Å². The zero-order valence-electron chi connectivity index (χ0n) is 15.4. The van der Waals surface area contributed by atoms with Gasteiger partial charge in [0, 0.05) is 28.2 Å². The van der Waals surface area contributed by atoms with Gasteiger partial charge in [0.05, 0.1) is 0 Å². The molecule has 2 rings (SSSR count). The molecule has 1 aliphatic carbocycles. The first-order chi connectivity index (χ1) is 12.3. The number of ether oxygens (including phenoxy) is 1. The smallest absolute Gasteiger partial charge is 0.407 e. The molecule has 0 atom stereocenters. The number of amides is 2. The normalized spacial score (nSPS) is 19.8. The minimum absolute atomic E-state index is 0.0705. The third kappa shape index (κ3) is 6.29. The Hall–Kier alpha value is -2.73. The quantitative estimate of drug-likeness (QED) is 0.477. The summed E-state index contributed by atoms with van der Waals surface area (Å²) in [6.07, 6.45) is 2.77. The highest BCUT2D eigenvalue weighted by atomic mass is 16.6. The number of hydrogen-bond donors (Lipinski definition) is 2. The van der Waals surface area contributed by atoms with Crippen molar-refractivity contribution in [3.05, 3.63) is 40.3 Å². The van der Waals surface area contributed by atoms with Crippen LogP contribution in [0.4, 0.5) is 10.5 Å². The van der Waals surface area contributed by atoms with E-state index in [0.717, 1.165) is 25.7 Å². The fraction of sp³-hybridized carbons (Fsp3) is 0.556. The zero-order chi connectivity index (χ0) is 19.2. The van der Waals surface area contributed by atoms with Crippen LogP contribution >= 0.6 is 0 Å². The monoisotopic (exact) mass is 359 g/mol. The molecule has 0 saturated heterocycles. The highest BCUT2D eigenvalue weighted by Gasteiger charge is 2.25. The molecular weight excluding hydrogens is 334 g/mol. The number of hydrogen-bond acceptors (Lipinski definition) is 4. The van der Waals surface area contributed by atoms with Crippen LogP contribution in [0, 0.1) is 0 Å². The van der Waals surface area contributed by atoms with Crippen LogP contribution in [-0.2, 0) is 4.74 Å². The van der Waals surface area contributed by atoms with Crippen LogP contribution in [0.3, 0.4) is 0 Å². The standard InChI is InChI=1S/C18H25N5O3/c1-18(2,3)26-17(25)21-14-10-8-13(9-11-14)20-16(24)12-4-6-15(7-5-12)22-23-19/h4-7,13-14H,8-11H2,1-3H3,(H,20,24)(H,21,25). The molecule has 0 unspecified atom stereocenters. The Bertz CT molecular complexity index is 682. The Labute approximate surface area is 152 Å². The molecule has 0 aromatic heterocycles. The lowest BCUT2D eigenvalue weighted by atomic mass is 9.91. The van der Waals surface area contributed by atoms with E-state index >= 15 is 0 Å². The average Bonchev–Trinajstić information content (AvgIpc) is 2.56. The number of nitrogens with one attached hydrogen (secondary N) is 2. The molecule has 1 aliphatic rings. The van der Waals surface area contributed by atoms with Crippen LogP contribution in [0.25, 0.3) is 10.4 Å². The molecule has 2 N–H and O–H groups in total. The van der Waals surface area contributed by atoms with Gasteiger partial charge in [-0.2, -0.15) is 0 Å². The molecule has 8 nitrogen and oxygen atoms in total. The maximum absolute atomic E-state index is 12.3. The van der Waals surface area contributed by atoms with Gasteiger partial charge in [-0.25, -0.2) is 4.79 Å². The first-order valence-electron chi connectivity index (χ1n) is 8.72. The maximum atomic E-state index is 12.3. The Morgan fingerprint density at radius 3 is 2.12 bits per heavy atom. The SMILES string of the molecule is CC(C)(C)OC(=O)NC1CCC(NC(=O)c2ccc(N=[N+]=[N-])cc2)CC1. The average molecular weight is 359 g/mol. The Morgan fingerprint density at radius 2 is 1.62 bits per heavy atom. The third-order valence-electron chi connectivity index (χ3n) is 4.07. The molecule has 140 valence electrons. The highest BCUT2D eigenvalue weighted by Crippen LogP contribution is 2.20. The molecular formula is C18H25N5O3. The van der Waals surface area contributed by atoms with Crippen molar-refractivity contribution in [3.8, 4) is 0 Å².